The van der Waals surface area contributed by atoms with Crippen LogP contribution in [-0.2, 0) is 11.3 Å². The molecule has 0 bridgehead atoms. The fraction of sp³-hybridized carbons (Fsp3) is 0.120. The van der Waals surface area contributed by atoms with Crippen molar-refractivity contribution in [1.82, 2.24) is 0 Å². The molecule has 0 unspecified atom stereocenters. The van der Waals surface area contributed by atoms with Crippen LogP contribution in [-0.4, -0.2) is 7.11 Å². The molecule has 0 aliphatic heterocycles. The number of benzene rings is 3. The van der Waals surface area contributed by atoms with Gasteiger partial charge in [-0.3, -0.25) is 0 Å². The second-order valence-electron chi connectivity index (χ2n) is 6.89. The van der Waals surface area contributed by atoms with Crippen molar-refractivity contribution < 1.29 is 4.74 Å². The first kappa shape index (κ1) is 17.7. The number of nitrogens with zero attached hydrogens (tertiary/aromatic N) is 2. The number of rotatable bonds is 3. The molecular formula is C25H18N2O. The van der Waals surface area contributed by atoms with Crippen molar-refractivity contribution >= 4 is 5.57 Å². The van der Waals surface area contributed by atoms with E-state index in [4.69, 9.17) is 11.3 Å². The maximum atomic E-state index is 9.54. The summed E-state index contributed by atoms with van der Waals surface area (Å²) in [6.45, 7) is 10.1. The third-order valence-corrected chi connectivity index (χ3v) is 5.08. The van der Waals surface area contributed by atoms with Crippen molar-refractivity contribution in [2.24, 2.45) is 0 Å². The molecule has 0 saturated heterocycles. The van der Waals surface area contributed by atoms with Gasteiger partial charge in [0.05, 0.1) is 19.2 Å². The Morgan fingerprint density at radius 2 is 1.57 bits per heavy atom. The van der Waals surface area contributed by atoms with Gasteiger partial charge in [-0.15, -0.1) is 0 Å². The molecular weight excluding hydrogens is 344 g/mol. The van der Waals surface area contributed by atoms with Gasteiger partial charge in [0.2, 0.25) is 0 Å². The molecule has 0 atom stereocenters. The highest BCUT2D eigenvalue weighted by atomic mass is 16.5. The van der Waals surface area contributed by atoms with Gasteiger partial charge < -0.3 is 4.74 Å². The van der Waals surface area contributed by atoms with E-state index in [1.54, 1.807) is 7.11 Å². The molecule has 3 aromatic carbocycles. The number of methoxy groups -OCH3 is 1. The monoisotopic (exact) mass is 362 g/mol. The van der Waals surface area contributed by atoms with Crippen LogP contribution in [0.25, 0.3) is 32.7 Å². The molecule has 0 aromatic heterocycles. The quantitative estimate of drug-likeness (QED) is 0.331. The van der Waals surface area contributed by atoms with Gasteiger partial charge in [0, 0.05) is 12.7 Å². The number of hydrogen-bond donors (Lipinski definition) is 0. The summed E-state index contributed by atoms with van der Waals surface area (Å²) < 4.78 is 5.18. The minimum atomic E-state index is 0.137. The van der Waals surface area contributed by atoms with Crippen LogP contribution in [0, 0.1) is 24.8 Å². The van der Waals surface area contributed by atoms with Crippen LogP contribution in [0.3, 0.4) is 0 Å². The van der Waals surface area contributed by atoms with Gasteiger partial charge in [-0.05, 0) is 51.9 Å². The third kappa shape index (κ3) is 2.89. The summed E-state index contributed by atoms with van der Waals surface area (Å²) in [5, 5.41) is 9.54. The Bertz CT molecular complexity index is 1170. The van der Waals surface area contributed by atoms with Crippen LogP contribution in [0.2, 0.25) is 0 Å². The van der Waals surface area contributed by atoms with Crippen molar-refractivity contribution in [2.75, 3.05) is 7.11 Å². The second-order valence-corrected chi connectivity index (χ2v) is 6.89. The zero-order valence-corrected chi connectivity index (χ0v) is 15.8. The van der Waals surface area contributed by atoms with Crippen LogP contribution in [0.1, 0.15) is 22.3 Å². The van der Waals surface area contributed by atoms with Gasteiger partial charge in [-0.2, -0.15) is 0 Å². The first-order valence-electron chi connectivity index (χ1n) is 9.02. The third-order valence-electron chi connectivity index (χ3n) is 5.08. The second kappa shape index (κ2) is 7.16. The Morgan fingerprint density at radius 3 is 2.21 bits per heavy atom. The van der Waals surface area contributed by atoms with E-state index >= 15 is 0 Å². The largest absolute Gasteiger partial charge is 0.380 e. The smallest absolute Gasteiger partial charge is 0.270 e. The van der Waals surface area contributed by atoms with E-state index in [9.17, 15) is 5.26 Å². The predicted octanol–water partition coefficient (Wildman–Crippen LogP) is 5.99. The molecule has 3 aromatic rings. The van der Waals surface area contributed by atoms with Crippen LogP contribution < -0.4 is 0 Å². The lowest BCUT2D eigenvalue weighted by atomic mass is 9.96. The topological polar surface area (TPSA) is 37.4 Å². The van der Waals surface area contributed by atoms with E-state index in [2.05, 4.69) is 71.6 Å². The Hall–Kier alpha value is -3.66. The number of nitriles is 1. The van der Waals surface area contributed by atoms with E-state index in [0.29, 0.717) is 6.61 Å². The molecule has 1 aliphatic rings. The highest BCUT2D eigenvalue weighted by molar-refractivity contribution is 6.04. The van der Waals surface area contributed by atoms with Crippen molar-refractivity contribution in [2.45, 2.75) is 13.5 Å². The molecule has 3 heteroatoms. The van der Waals surface area contributed by atoms with Gasteiger partial charge in [0.1, 0.15) is 0 Å². The number of ether oxygens (including phenoxy) is 1. The van der Waals surface area contributed by atoms with Crippen LogP contribution in [0.15, 0.2) is 66.4 Å². The summed E-state index contributed by atoms with van der Waals surface area (Å²) in [5.74, 6) is 0. The van der Waals surface area contributed by atoms with Crippen molar-refractivity contribution in [3.63, 3.8) is 0 Å². The van der Waals surface area contributed by atoms with Gasteiger partial charge in [0.25, 0.3) is 5.70 Å². The molecule has 0 fully saturated rings. The van der Waals surface area contributed by atoms with Crippen molar-refractivity contribution in [3.05, 3.63) is 100 Å². The van der Waals surface area contributed by atoms with E-state index in [1.807, 2.05) is 6.92 Å². The lowest BCUT2D eigenvalue weighted by Crippen LogP contribution is -1.89. The average molecular weight is 362 g/mol. The summed E-state index contributed by atoms with van der Waals surface area (Å²) in [5.41, 5.74) is 9.33. The van der Waals surface area contributed by atoms with Crippen molar-refractivity contribution in [1.29, 1.82) is 5.26 Å². The minimum Gasteiger partial charge on any atom is -0.380 e. The van der Waals surface area contributed by atoms with E-state index < -0.39 is 0 Å². The fourth-order valence-electron chi connectivity index (χ4n) is 3.76. The standard InChI is InChI=1S/C25H18N2O/c1-16-4-10-20-21-11-9-19(18-7-5-17(6-8-18)15-28-3)13-23(21)25(22(20)12-16)24(14-26)27-2/h4-13H,15H2,1,3H3/b25-24-. The number of hydrogen-bond acceptors (Lipinski definition) is 2. The molecule has 4 rings (SSSR count). The average Bonchev–Trinajstić information content (AvgIpc) is 3.03. The minimum absolute atomic E-state index is 0.137. The molecule has 0 saturated carbocycles. The summed E-state index contributed by atoms with van der Waals surface area (Å²) in [6, 6.07) is 22.8. The first-order chi connectivity index (χ1) is 13.7. The van der Waals surface area contributed by atoms with Crippen LogP contribution >= 0.6 is 0 Å². The van der Waals surface area contributed by atoms with Gasteiger partial charge >= 0.3 is 0 Å². The summed E-state index contributed by atoms with van der Waals surface area (Å²) in [7, 11) is 1.69. The Balaban J connectivity index is 1.89. The Labute approximate surface area is 165 Å². The molecule has 134 valence electrons. The molecule has 28 heavy (non-hydrogen) atoms. The fourth-order valence-corrected chi connectivity index (χ4v) is 3.76. The SMILES string of the molecule is [C-]#[N+]/C(C#N)=C1/c2cc(C)ccc2-c2ccc(-c3ccc(COC)cc3)cc21. The molecule has 0 N–H and O–H groups in total. The van der Waals surface area contributed by atoms with E-state index in [1.165, 1.54) is 0 Å². The zero-order valence-electron chi connectivity index (χ0n) is 15.8. The molecule has 0 heterocycles. The number of fused-ring (bicyclic) bond motifs is 3. The lowest BCUT2D eigenvalue weighted by Gasteiger charge is -2.08. The molecule has 0 radical (unpaired) electrons. The van der Waals surface area contributed by atoms with E-state index in [-0.39, 0.29) is 5.70 Å². The Morgan fingerprint density at radius 1 is 0.929 bits per heavy atom. The molecule has 1 aliphatic carbocycles. The molecule has 0 amide bonds. The maximum absolute atomic E-state index is 9.54. The summed E-state index contributed by atoms with van der Waals surface area (Å²) in [6.07, 6.45) is 0. The molecule has 0 spiro atoms. The Kier molecular flexibility index (Phi) is 4.53. The molecule has 3 nitrogen and oxygen atoms in total. The van der Waals surface area contributed by atoms with Gasteiger partial charge in [0.15, 0.2) is 0 Å². The maximum Gasteiger partial charge on any atom is 0.270 e. The predicted molar refractivity (Wildman–Crippen MR) is 111 cm³/mol. The summed E-state index contributed by atoms with van der Waals surface area (Å²) in [4.78, 5) is 3.51. The lowest BCUT2D eigenvalue weighted by molar-refractivity contribution is 0.185. The number of allylic oxidation sites excluding steroid dienone is 1. The summed E-state index contributed by atoms with van der Waals surface area (Å²) >= 11 is 0. The first-order valence-corrected chi connectivity index (χ1v) is 9.02. The highest BCUT2D eigenvalue weighted by Crippen LogP contribution is 2.47. The van der Waals surface area contributed by atoms with Gasteiger partial charge in [-0.25, -0.2) is 10.1 Å². The van der Waals surface area contributed by atoms with Crippen LogP contribution in [0.5, 0.6) is 0 Å². The van der Waals surface area contributed by atoms with E-state index in [0.717, 1.165) is 50.1 Å². The zero-order chi connectivity index (χ0) is 19.7. The number of aryl methyl sites for hydroxylation is 1. The van der Waals surface area contributed by atoms with Crippen LogP contribution in [0.4, 0.5) is 0 Å². The van der Waals surface area contributed by atoms with Crippen molar-refractivity contribution in [3.8, 4) is 28.3 Å². The highest BCUT2D eigenvalue weighted by Gasteiger charge is 2.26. The normalized spacial score (nSPS) is 13.3. The van der Waals surface area contributed by atoms with Gasteiger partial charge in [-0.1, -0.05) is 60.2 Å².